The van der Waals surface area contributed by atoms with Gasteiger partial charge in [0, 0.05) is 6.20 Å². The van der Waals surface area contributed by atoms with Crippen LogP contribution >= 0.6 is 0 Å². The van der Waals surface area contributed by atoms with Crippen LogP contribution in [-0.2, 0) is 13.6 Å². The van der Waals surface area contributed by atoms with Gasteiger partial charge in [0.25, 0.3) is 0 Å². The number of nitrogens with two attached hydrogens (primary N) is 1. The molecule has 0 amide bonds. The van der Waals surface area contributed by atoms with Gasteiger partial charge in [0.2, 0.25) is 0 Å². The third-order valence-electron chi connectivity index (χ3n) is 10.9. The number of ether oxygens (including phenoxy) is 1. The summed E-state index contributed by atoms with van der Waals surface area (Å²) in [7, 11) is -3.70. The molecule has 0 spiro atoms. The zero-order valence-corrected chi connectivity index (χ0v) is 25.1. The predicted octanol–water partition coefficient (Wildman–Crippen LogP) is 3.96. The second-order valence-corrected chi connectivity index (χ2v) is 20.3. The molecule has 8 nitrogen and oxygen atoms in total. The number of hydrogen-bond donors (Lipinski definition) is 2. The molecule has 4 saturated carbocycles. The summed E-state index contributed by atoms with van der Waals surface area (Å²) in [4.78, 5) is 17.0. The van der Waals surface area contributed by atoms with Gasteiger partial charge < -0.3 is 24.4 Å². The highest BCUT2D eigenvalue weighted by Crippen LogP contribution is 2.65. The van der Waals surface area contributed by atoms with E-state index in [4.69, 9.17) is 19.3 Å². The van der Waals surface area contributed by atoms with Gasteiger partial charge in [-0.15, -0.1) is 0 Å². The van der Waals surface area contributed by atoms with Crippen molar-refractivity contribution in [2.75, 3.05) is 5.73 Å². The van der Waals surface area contributed by atoms with Gasteiger partial charge in [-0.25, -0.2) is 4.79 Å². The number of aliphatic hydroxyl groups is 1. The van der Waals surface area contributed by atoms with Gasteiger partial charge in [-0.3, -0.25) is 4.57 Å². The first-order valence-corrected chi connectivity index (χ1v) is 20.2. The number of aliphatic hydroxyl groups excluding tert-OH is 1. The molecular formula is C27H45N3O5Si2. The highest BCUT2D eigenvalue weighted by molar-refractivity contribution is 6.74. The van der Waals surface area contributed by atoms with Crippen molar-refractivity contribution in [1.82, 2.24) is 9.55 Å². The predicted molar refractivity (Wildman–Crippen MR) is 147 cm³/mol. The number of rotatable bonds is 8. The van der Waals surface area contributed by atoms with Crippen molar-refractivity contribution in [2.45, 2.75) is 126 Å². The molecule has 1 aromatic rings. The Morgan fingerprint density at radius 1 is 1.16 bits per heavy atom. The maximum Gasteiger partial charge on any atom is 0.351 e. The summed E-state index contributed by atoms with van der Waals surface area (Å²) in [5, 5.41) is 12.3. The molecule has 206 valence electrons. The maximum absolute atomic E-state index is 13.0. The molecule has 3 N–H and O–H groups in total. The molecule has 6 rings (SSSR count). The first-order valence-electron chi connectivity index (χ1n) is 14.5. The van der Waals surface area contributed by atoms with Crippen LogP contribution in [-0.4, -0.2) is 56.4 Å². The van der Waals surface area contributed by atoms with Crippen LogP contribution in [0.4, 0.5) is 5.82 Å². The topological polar surface area (TPSA) is 109 Å². The number of aromatic nitrogens is 2. The van der Waals surface area contributed by atoms with E-state index in [1.165, 1.54) is 49.5 Å². The van der Waals surface area contributed by atoms with Crippen molar-refractivity contribution in [1.29, 1.82) is 0 Å². The van der Waals surface area contributed by atoms with E-state index in [1.54, 1.807) is 12.3 Å². The number of nitrogen functional groups attached to an aromatic ring is 1. The Bertz CT molecular complexity index is 1060. The van der Waals surface area contributed by atoms with Crippen LogP contribution in [0.2, 0.25) is 31.2 Å². The summed E-state index contributed by atoms with van der Waals surface area (Å²) in [6.07, 6.45) is 10.8. The quantitative estimate of drug-likeness (QED) is 0.474. The standard InChI is InChI=1S/C27H45N3O5Si2/c1-36(2)34-23(26-10-5-17(15-26)6-11-26)21-20(31)22(24(33-21)30-14-9-19(28)29-25(30)32)35-37(3,4)27-12-7-18(16-27)8-13-27/h9,14,17-18,20-24,31,36H,5-8,10-13,15-16H2,1-4H3,(H2,28,29,32). The van der Waals surface area contributed by atoms with Crippen molar-refractivity contribution < 1.29 is 18.7 Å². The van der Waals surface area contributed by atoms with Crippen molar-refractivity contribution in [3.8, 4) is 0 Å². The van der Waals surface area contributed by atoms with Crippen molar-refractivity contribution in [3.63, 3.8) is 0 Å². The highest BCUT2D eigenvalue weighted by atomic mass is 28.4. The fraction of sp³-hybridized carbons (Fsp3) is 0.852. The van der Waals surface area contributed by atoms with Crippen LogP contribution in [0.25, 0.3) is 0 Å². The summed E-state index contributed by atoms with van der Waals surface area (Å²) in [5.74, 6) is 1.76. The smallest absolute Gasteiger partial charge is 0.351 e. The van der Waals surface area contributed by atoms with Gasteiger partial charge in [-0.2, -0.15) is 4.98 Å². The Morgan fingerprint density at radius 3 is 2.35 bits per heavy atom. The highest BCUT2D eigenvalue weighted by Gasteiger charge is 2.62. The molecule has 1 aliphatic heterocycles. The molecular weight excluding hydrogens is 502 g/mol. The Morgan fingerprint density at radius 2 is 1.81 bits per heavy atom. The van der Waals surface area contributed by atoms with Gasteiger partial charge in [-0.1, -0.05) is 12.8 Å². The first kappa shape index (κ1) is 26.2. The molecule has 5 unspecified atom stereocenters. The molecule has 5 aliphatic rings. The zero-order chi connectivity index (χ0) is 26.2. The van der Waals surface area contributed by atoms with E-state index in [2.05, 4.69) is 31.2 Å². The summed E-state index contributed by atoms with van der Waals surface area (Å²) >= 11 is 0. The number of nitrogens with zero attached hydrogens (tertiary/aromatic N) is 2. The van der Waals surface area contributed by atoms with E-state index in [0.29, 0.717) is 0 Å². The van der Waals surface area contributed by atoms with Crippen LogP contribution in [0.3, 0.4) is 0 Å². The van der Waals surface area contributed by atoms with E-state index in [1.807, 2.05) is 0 Å². The van der Waals surface area contributed by atoms with Crippen LogP contribution in [0, 0.1) is 17.3 Å². The van der Waals surface area contributed by atoms with Crippen molar-refractivity contribution in [2.24, 2.45) is 17.3 Å². The minimum atomic E-state index is -2.27. The van der Waals surface area contributed by atoms with E-state index in [0.717, 1.165) is 31.1 Å². The zero-order valence-electron chi connectivity index (χ0n) is 22.9. The Labute approximate surface area is 223 Å². The molecule has 0 radical (unpaired) electrons. The van der Waals surface area contributed by atoms with E-state index in [-0.39, 0.29) is 22.4 Å². The molecule has 0 aromatic carbocycles. The molecule has 37 heavy (non-hydrogen) atoms. The third kappa shape index (κ3) is 4.30. The number of hydrogen-bond acceptors (Lipinski definition) is 7. The second-order valence-electron chi connectivity index (χ2n) is 13.7. The molecule has 2 heterocycles. The Balaban J connectivity index is 1.36. The molecule has 4 aliphatic carbocycles. The molecule has 1 saturated heterocycles. The molecule has 5 fully saturated rings. The van der Waals surface area contributed by atoms with Crippen molar-refractivity contribution >= 4 is 23.2 Å². The molecule has 10 heteroatoms. The lowest BCUT2D eigenvalue weighted by molar-refractivity contribution is -0.117. The normalized spacial score (nSPS) is 41.8. The molecule has 5 atom stereocenters. The number of anilines is 1. The van der Waals surface area contributed by atoms with Gasteiger partial charge in [0.05, 0.1) is 6.10 Å². The summed E-state index contributed by atoms with van der Waals surface area (Å²) < 4.78 is 22.1. The SMILES string of the molecule is C[SiH](C)OC(C1OC(n2ccc(N)nc2=O)C(O[Si](C)(C)C23CCC(CC2)C3)C1O)C12CCC(CC1)C2. The monoisotopic (exact) mass is 547 g/mol. The minimum absolute atomic E-state index is 0.0487. The first-order chi connectivity index (χ1) is 17.5. The minimum Gasteiger partial charge on any atom is -0.414 e. The number of fused-ring (bicyclic) bond motifs is 4. The fourth-order valence-electron chi connectivity index (χ4n) is 8.90. The molecule has 4 bridgehead atoms. The van der Waals surface area contributed by atoms with Crippen LogP contribution in [0.1, 0.15) is 70.4 Å². The third-order valence-corrected chi connectivity index (χ3v) is 15.9. The maximum atomic E-state index is 13.0. The summed E-state index contributed by atoms with van der Waals surface area (Å²) in [6, 6.07) is 1.62. The van der Waals surface area contributed by atoms with Crippen molar-refractivity contribution in [3.05, 3.63) is 22.7 Å². The van der Waals surface area contributed by atoms with Gasteiger partial charge in [0.1, 0.15) is 24.1 Å². The van der Waals surface area contributed by atoms with Crippen LogP contribution in [0.5, 0.6) is 0 Å². The van der Waals surface area contributed by atoms with Crippen LogP contribution < -0.4 is 11.4 Å². The van der Waals surface area contributed by atoms with E-state index < -0.39 is 47.6 Å². The lowest BCUT2D eigenvalue weighted by atomic mass is 9.76. The van der Waals surface area contributed by atoms with Gasteiger partial charge in [-0.05, 0) is 106 Å². The average molecular weight is 548 g/mol. The Kier molecular flexibility index (Phi) is 6.56. The van der Waals surface area contributed by atoms with Crippen LogP contribution in [0.15, 0.2) is 17.1 Å². The lowest BCUT2D eigenvalue weighted by Gasteiger charge is -2.44. The largest absolute Gasteiger partial charge is 0.414 e. The van der Waals surface area contributed by atoms with E-state index in [9.17, 15) is 9.90 Å². The van der Waals surface area contributed by atoms with Gasteiger partial charge in [0.15, 0.2) is 23.6 Å². The Hall–Kier alpha value is -1.05. The summed E-state index contributed by atoms with van der Waals surface area (Å²) in [6.45, 7) is 9.01. The second kappa shape index (κ2) is 9.26. The van der Waals surface area contributed by atoms with E-state index >= 15 is 0 Å². The lowest BCUT2D eigenvalue weighted by Crippen LogP contribution is -2.53. The fourth-order valence-corrected chi connectivity index (χ4v) is 13.4. The van der Waals surface area contributed by atoms with Gasteiger partial charge >= 0.3 is 5.69 Å². The summed E-state index contributed by atoms with van der Waals surface area (Å²) in [5.41, 5.74) is 5.39. The molecule has 1 aromatic heterocycles. The average Bonchev–Trinajstić information content (AvgIpc) is 3.67.